The van der Waals surface area contributed by atoms with Crippen LogP contribution in [0.15, 0.2) is 37.2 Å². The summed E-state index contributed by atoms with van der Waals surface area (Å²) in [5, 5.41) is 10.1. The molecule has 1 aromatic heterocycles. The molecule has 98 valence electrons. The van der Waals surface area contributed by atoms with Crippen LogP contribution in [0.2, 0.25) is 0 Å². The third-order valence-electron chi connectivity index (χ3n) is 2.95. The Balaban J connectivity index is 2.78. The molecule has 0 aromatic carbocycles. The van der Waals surface area contributed by atoms with Crippen LogP contribution >= 0.6 is 0 Å². The molecule has 0 aliphatic rings. The average molecular weight is 248 g/mol. The topological polar surface area (TPSA) is 41.2 Å². The maximum atomic E-state index is 11.5. The van der Waals surface area contributed by atoms with Gasteiger partial charge in [-0.2, -0.15) is 0 Å². The van der Waals surface area contributed by atoms with Gasteiger partial charge in [0.1, 0.15) is 0 Å². The molecule has 0 aliphatic heterocycles. The Morgan fingerprint density at radius 2 is 2.33 bits per heavy atom. The normalized spacial score (nSPS) is 13.9. The number of ketones is 1. The van der Waals surface area contributed by atoms with E-state index in [1.807, 2.05) is 23.0 Å². The van der Waals surface area contributed by atoms with E-state index in [0.717, 1.165) is 19.3 Å². The standard InChI is InChI=1S/C15H22NO2/c1-4-6-8-13-9-7-10-16(11-13)12-15(3,18)14(17)5-2/h5,7,9-11,18H,2,4,6,8,12H2,1,3H3/q+1. The lowest BCUT2D eigenvalue weighted by Crippen LogP contribution is -2.50. The van der Waals surface area contributed by atoms with Gasteiger partial charge in [-0.05, 0) is 31.9 Å². The fourth-order valence-electron chi connectivity index (χ4n) is 1.86. The van der Waals surface area contributed by atoms with E-state index in [2.05, 4.69) is 19.6 Å². The fraction of sp³-hybridized carbons (Fsp3) is 0.467. The number of aliphatic hydroxyl groups is 1. The predicted molar refractivity (Wildman–Crippen MR) is 71.1 cm³/mol. The number of aromatic nitrogens is 1. The molecule has 1 rings (SSSR count). The van der Waals surface area contributed by atoms with Crippen molar-refractivity contribution >= 4 is 5.78 Å². The third kappa shape index (κ3) is 4.08. The van der Waals surface area contributed by atoms with E-state index >= 15 is 0 Å². The highest BCUT2D eigenvalue weighted by Gasteiger charge is 2.32. The first-order chi connectivity index (χ1) is 8.49. The lowest BCUT2D eigenvalue weighted by atomic mass is 10.0. The van der Waals surface area contributed by atoms with Crippen molar-refractivity contribution in [3.05, 3.63) is 42.7 Å². The summed E-state index contributed by atoms with van der Waals surface area (Å²) in [4.78, 5) is 11.5. The Hall–Kier alpha value is -1.48. The highest BCUT2D eigenvalue weighted by atomic mass is 16.3. The molecule has 1 atom stereocenters. The van der Waals surface area contributed by atoms with Crippen molar-refractivity contribution in [3.63, 3.8) is 0 Å². The minimum atomic E-state index is -1.39. The van der Waals surface area contributed by atoms with Gasteiger partial charge in [0.15, 0.2) is 30.3 Å². The van der Waals surface area contributed by atoms with Crippen LogP contribution in [0.25, 0.3) is 0 Å². The van der Waals surface area contributed by atoms with Crippen molar-refractivity contribution in [1.82, 2.24) is 0 Å². The van der Waals surface area contributed by atoms with Gasteiger partial charge >= 0.3 is 0 Å². The fourth-order valence-corrected chi connectivity index (χ4v) is 1.86. The lowest BCUT2D eigenvalue weighted by molar-refractivity contribution is -0.707. The number of unbranched alkanes of at least 4 members (excludes halogenated alkanes) is 1. The first-order valence-electron chi connectivity index (χ1n) is 6.37. The molecule has 0 fully saturated rings. The van der Waals surface area contributed by atoms with E-state index in [9.17, 15) is 9.90 Å². The van der Waals surface area contributed by atoms with Crippen LogP contribution in [0.4, 0.5) is 0 Å². The first kappa shape index (κ1) is 14.6. The summed E-state index contributed by atoms with van der Waals surface area (Å²) in [6.07, 6.45) is 8.34. The Kier molecular flexibility index (Phi) is 5.23. The maximum absolute atomic E-state index is 11.5. The van der Waals surface area contributed by atoms with Crippen LogP contribution in [0.5, 0.6) is 0 Å². The van der Waals surface area contributed by atoms with Gasteiger partial charge in [0.2, 0.25) is 0 Å². The highest BCUT2D eigenvalue weighted by Crippen LogP contribution is 2.07. The Bertz CT molecular complexity index is 424. The zero-order valence-corrected chi connectivity index (χ0v) is 11.2. The Morgan fingerprint density at radius 3 is 2.94 bits per heavy atom. The van der Waals surface area contributed by atoms with Gasteiger partial charge in [0.05, 0.1) is 0 Å². The molecule has 0 saturated heterocycles. The van der Waals surface area contributed by atoms with E-state index in [0.29, 0.717) is 0 Å². The van der Waals surface area contributed by atoms with E-state index < -0.39 is 5.60 Å². The van der Waals surface area contributed by atoms with Gasteiger partial charge in [-0.3, -0.25) is 4.79 Å². The summed E-state index contributed by atoms with van der Waals surface area (Å²) in [6, 6.07) is 4.01. The molecule has 0 spiro atoms. The molecule has 0 amide bonds. The third-order valence-corrected chi connectivity index (χ3v) is 2.95. The van der Waals surface area contributed by atoms with Gasteiger partial charge in [0, 0.05) is 11.6 Å². The van der Waals surface area contributed by atoms with Crippen molar-refractivity contribution in [3.8, 4) is 0 Å². The van der Waals surface area contributed by atoms with Crippen LogP contribution < -0.4 is 4.57 Å². The maximum Gasteiger partial charge on any atom is 0.192 e. The quantitative estimate of drug-likeness (QED) is 0.591. The number of hydrogen-bond donors (Lipinski definition) is 1. The molecule has 0 radical (unpaired) electrons. The van der Waals surface area contributed by atoms with Gasteiger partial charge in [-0.1, -0.05) is 19.9 Å². The van der Waals surface area contributed by atoms with Gasteiger partial charge in [-0.25, -0.2) is 4.57 Å². The van der Waals surface area contributed by atoms with Crippen LogP contribution in [-0.4, -0.2) is 16.5 Å². The lowest BCUT2D eigenvalue weighted by Gasteiger charge is -2.16. The number of rotatable bonds is 7. The molecule has 18 heavy (non-hydrogen) atoms. The molecule has 0 saturated carbocycles. The summed E-state index contributed by atoms with van der Waals surface area (Å²) < 4.78 is 1.85. The summed E-state index contributed by atoms with van der Waals surface area (Å²) in [6.45, 7) is 7.33. The van der Waals surface area contributed by atoms with Crippen LogP contribution in [0, 0.1) is 0 Å². The minimum absolute atomic E-state index is 0.248. The van der Waals surface area contributed by atoms with Crippen LogP contribution in [0.1, 0.15) is 32.3 Å². The zero-order valence-electron chi connectivity index (χ0n) is 11.2. The SMILES string of the molecule is C=CC(=O)C(C)(O)C[n+]1cccc(CCCC)c1. The molecular formula is C15H22NO2+. The van der Waals surface area contributed by atoms with Crippen molar-refractivity contribution in [1.29, 1.82) is 0 Å². The van der Waals surface area contributed by atoms with E-state index in [1.54, 1.807) is 0 Å². The number of nitrogens with zero attached hydrogens (tertiary/aromatic N) is 1. The summed E-state index contributed by atoms with van der Waals surface area (Å²) in [5.74, 6) is -0.353. The largest absolute Gasteiger partial charge is 0.376 e. The van der Waals surface area contributed by atoms with Crippen molar-refractivity contribution < 1.29 is 14.5 Å². The first-order valence-corrected chi connectivity index (χ1v) is 6.37. The molecule has 1 aromatic rings. The number of pyridine rings is 1. The number of hydrogen-bond acceptors (Lipinski definition) is 2. The number of carbonyl (C=O) groups excluding carboxylic acids is 1. The van der Waals surface area contributed by atoms with E-state index in [-0.39, 0.29) is 12.3 Å². The van der Waals surface area contributed by atoms with Crippen molar-refractivity contribution in [2.45, 2.75) is 45.3 Å². The molecule has 0 aliphatic carbocycles. The van der Waals surface area contributed by atoms with Crippen molar-refractivity contribution in [2.24, 2.45) is 0 Å². The van der Waals surface area contributed by atoms with Gasteiger partial charge in [-0.15, -0.1) is 0 Å². The van der Waals surface area contributed by atoms with Crippen LogP contribution in [-0.2, 0) is 17.8 Å². The van der Waals surface area contributed by atoms with Gasteiger partial charge in [0.25, 0.3) is 0 Å². The molecule has 3 nitrogen and oxygen atoms in total. The highest BCUT2D eigenvalue weighted by molar-refractivity contribution is 5.95. The summed E-state index contributed by atoms with van der Waals surface area (Å²) in [7, 11) is 0. The molecule has 1 N–H and O–H groups in total. The second kappa shape index (κ2) is 6.45. The van der Waals surface area contributed by atoms with E-state index in [4.69, 9.17) is 0 Å². The van der Waals surface area contributed by atoms with Crippen molar-refractivity contribution in [2.75, 3.05) is 0 Å². The zero-order chi connectivity index (χ0) is 13.6. The molecule has 3 heteroatoms. The molecule has 1 unspecified atom stereocenters. The summed E-state index contributed by atoms with van der Waals surface area (Å²) in [5.41, 5.74) is -0.170. The summed E-state index contributed by atoms with van der Waals surface area (Å²) >= 11 is 0. The second-order valence-corrected chi connectivity index (χ2v) is 4.83. The number of carbonyl (C=O) groups is 1. The Labute approximate surface area is 109 Å². The smallest absolute Gasteiger partial charge is 0.192 e. The number of aryl methyl sites for hydroxylation is 1. The monoisotopic (exact) mass is 248 g/mol. The molecular weight excluding hydrogens is 226 g/mol. The van der Waals surface area contributed by atoms with Gasteiger partial charge < -0.3 is 5.11 Å². The average Bonchev–Trinajstić information content (AvgIpc) is 2.35. The van der Waals surface area contributed by atoms with E-state index in [1.165, 1.54) is 18.6 Å². The molecule has 0 bridgehead atoms. The second-order valence-electron chi connectivity index (χ2n) is 4.83. The Morgan fingerprint density at radius 1 is 1.61 bits per heavy atom. The molecule has 1 heterocycles. The minimum Gasteiger partial charge on any atom is -0.376 e. The predicted octanol–water partition coefficient (Wildman–Crippen LogP) is 1.82. The van der Waals surface area contributed by atoms with Crippen LogP contribution in [0.3, 0.4) is 0 Å².